The third-order valence-corrected chi connectivity index (χ3v) is 6.94. The number of halogens is 2. The van der Waals surface area contributed by atoms with Crippen LogP contribution in [0.3, 0.4) is 0 Å². The molecule has 0 spiro atoms. The molecule has 3 atom stereocenters. The molecule has 9 heteroatoms. The van der Waals surface area contributed by atoms with Crippen LogP contribution in [0.4, 0.5) is 14.5 Å². The summed E-state index contributed by atoms with van der Waals surface area (Å²) in [7, 11) is 0. The Morgan fingerprint density at radius 1 is 1.00 bits per heavy atom. The quantitative estimate of drug-likeness (QED) is 0.658. The summed E-state index contributed by atoms with van der Waals surface area (Å²) in [6.07, 6.45) is 0.715. The van der Waals surface area contributed by atoms with Gasteiger partial charge < -0.3 is 9.45 Å². The molecule has 166 valence electrons. The molecular formula is C22H24F2N3O3S-. The normalized spacial score (nSPS) is 22.6. The maximum absolute atomic E-state index is 13.6. The monoisotopic (exact) mass is 448 g/mol. The Balaban J connectivity index is 1.36. The van der Waals surface area contributed by atoms with E-state index in [-0.39, 0.29) is 22.9 Å². The van der Waals surface area contributed by atoms with Crippen molar-refractivity contribution in [2.45, 2.75) is 30.3 Å². The number of nitrogens with zero attached hydrogens (tertiary/aromatic N) is 3. The predicted octanol–water partition coefficient (Wildman–Crippen LogP) is 2.69. The van der Waals surface area contributed by atoms with E-state index in [1.165, 1.54) is 18.2 Å². The van der Waals surface area contributed by atoms with Crippen LogP contribution in [0.1, 0.15) is 24.9 Å². The summed E-state index contributed by atoms with van der Waals surface area (Å²) in [5.74, 6) is -1.66. The van der Waals surface area contributed by atoms with Crippen LogP contribution < -0.4 is 4.90 Å². The smallest absolute Gasteiger partial charge is 0.244 e. The highest BCUT2D eigenvalue weighted by molar-refractivity contribution is 7.79. The van der Waals surface area contributed by atoms with E-state index in [2.05, 4.69) is 9.80 Å². The highest BCUT2D eigenvalue weighted by atomic mass is 32.2. The largest absolute Gasteiger partial charge is 0.768 e. The van der Waals surface area contributed by atoms with Crippen LogP contribution in [0.25, 0.3) is 0 Å². The van der Waals surface area contributed by atoms with Crippen LogP contribution in [-0.4, -0.2) is 63.2 Å². The number of amides is 1. The molecule has 1 unspecified atom stereocenters. The van der Waals surface area contributed by atoms with Gasteiger partial charge in [-0.3, -0.25) is 18.8 Å². The van der Waals surface area contributed by atoms with Gasteiger partial charge >= 0.3 is 0 Å². The van der Waals surface area contributed by atoms with Gasteiger partial charge in [0.05, 0.1) is 6.04 Å². The summed E-state index contributed by atoms with van der Waals surface area (Å²) in [5, 5.41) is 0. The van der Waals surface area contributed by atoms with Crippen molar-refractivity contribution in [3.8, 4) is 0 Å². The van der Waals surface area contributed by atoms with E-state index >= 15 is 0 Å². The van der Waals surface area contributed by atoms with E-state index in [4.69, 9.17) is 0 Å². The zero-order valence-electron chi connectivity index (χ0n) is 17.2. The predicted molar refractivity (Wildman–Crippen MR) is 112 cm³/mol. The first-order valence-electron chi connectivity index (χ1n) is 10.3. The first kappa shape index (κ1) is 22.0. The fourth-order valence-electron chi connectivity index (χ4n) is 4.42. The molecule has 0 aliphatic carbocycles. The van der Waals surface area contributed by atoms with Crippen LogP contribution in [0, 0.1) is 11.6 Å². The standard InChI is InChI=1S/C22H25F2N3O3S/c1-15(16-2-7-19(23)20(24)14-16)25-10-12-26(13-11-25)21-8-9-27(22(21)28)17-3-5-18(6-4-17)31(29)30/h2-7,14-15,21H,8-13H2,1H3,(H,29,30)/p-1/t15-,21-/m0/s1. The number of anilines is 1. The third-order valence-electron chi connectivity index (χ3n) is 6.28. The second-order valence-corrected chi connectivity index (χ2v) is 8.89. The van der Waals surface area contributed by atoms with Crippen LogP contribution in [0.2, 0.25) is 0 Å². The molecule has 2 fully saturated rings. The van der Waals surface area contributed by atoms with Gasteiger partial charge in [-0.15, -0.1) is 0 Å². The zero-order chi connectivity index (χ0) is 22.1. The second-order valence-electron chi connectivity index (χ2n) is 7.94. The number of rotatable bonds is 5. The highest BCUT2D eigenvalue weighted by Gasteiger charge is 2.38. The van der Waals surface area contributed by atoms with Gasteiger partial charge in [0.2, 0.25) is 5.91 Å². The van der Waals surface area contributed by atoms with Gasteiger partial charge in [0.1, 0.15) is 0 Å². The third kappa shape index (κ3) is 4.55. The molecule has 0 radical (unpaired) electrons. The second kappa shape index (κ2) is 9.12. The van der Waals surface area contributed by atoms with Gasteiger partial charge in [-0.2, -0.15) is 0 Å². The van der Waals surface area contributed by atoms with E-state index in [1.54, 1.807) is 23.1 Å². The maximum atomic E-state index is 13.6. The lowest BCUT2D eigenvalue weighted by Crippen LogP contribution is -2.52. The molecule has 0 N–H and O–H groups in total. The van der Waals surface area contributed by atoms with E-state index in [0.717, 1.165) is 24.7 Å². The van der Waals surface area contributed by atoms with Gasteiger partial charge in [0.15, 0.2) is 11.6 Å². The fraction of sp³-hybridized carbons (Fsp3) is 0.409. The van der Waals surface area contributed by atoms with Gasteiger partial charge in [-0.1, -0.05) is 6.07 Å². The molecule has 31 heavy (non-hydrogen) atoms. The lowest BCUT2D eigenvalue weighted by molar-refractivity contribution is -0.122. The lowest BCUT2D eigenvalue weighted by Gasteiger charge is -2.40. The molecule has 2 aromatic carbocycles. The van der Waals surface area contributed by atoms with Gasteiger partial charge in [-0.25, -0.2) is 8.78 Å². The van der Waals surface area contributed by atoms with Crippen molar-refractivity contribution in [3.05, 3.63) is 59.7 Å². The summed E-state index contributed by atoms with van der Waals surface area (Å²) in [6.45, 7) is 5.46. The van der Waals surface area contributed by atoms with Gasteiger partial charge in [0, 0.05) is 49.3 Å². The number of benzene rings is 2. The topological polar surface area (TPSA) is 66.9 Å². The van der Waals surface area contributed by atoms with Crippen molar-refractivity contribution in [3.63, 3.8) is 0 Å². The van der Waals surface area contributed by atoms with Crippen molar-refractivity contribution in [1.29, 1.82) is 0 Å². The van der Waals surface area contributed by atoms with Crippen LogP contribution in [0.5, 0.6) is 0 Å². The minimum Gasteiger partial charge on any atom is -0.768 e. The first-order valence-corrected chi connectivity index (χ1v) is 11.4. The molecule has 2 saturated heterocycles. The number of hydrogen-bond donors (Lipinski definition) is 0. The Kier molecular flexibility index (Phi) is 6.47. The van der Waals surface area contributed by atoms with Crippen LogP contribution >= 0.6 is 0 Å². The molecule has 2 heterocycles. The Bertz CT molecular complexity index is 980. The summed E-state index contributed by atoms with van der Waals surface area (Å²) in [6, 6.07) is 10.1. The minimum atomic E-state index is -2.29. The Hall–Kier alpha value is -2.20. The highest BCUT2D eigenvalue weighted by Crippen LogP contribution is 2.28. The average Bonchev–Trinajstić information content (AvgIpc) is 3.16. The maximum Gasteiger partial charge on any atom is 0.244 e. The van der Waals surface area contributed by atoms with E-state index in [0.29, 0.717) is 31.7 Å². The SMILES string of the molecule is C[C@@H](c1ccc(F)c(F)c1)N1CCN([C@H]2CCN(c3ccc(S(=O)[O-])cc3)C2=O)CC1. The Morgan fingerprint density at radius 3 is 2.29 bits per heavy atom. The molecule has 2 aliphatic rings. The average molecular weight is 449 g/mol. The molecule has 6 nitrogen and oxygen atoms in total. The number of carbonyl (C=O) groups excluding carboxylic acids is 1. The summed E-state index contributed by atoms with van der Waals surface area (Å²) in [5.41, 5.74) is 1.44. The Labute approximate surface area is 182 Å². The molecular weight excluding hydrogens is 424 g/mol. The number of carbonyl (C=O) groups is 1. The molecule has 0 saturated carbocycles. The summed E-state index contributed by atoms with van der Waals surface area (Å²) in [4.78, 5) is 19.3. The van der Waals surface area contributed by atoms with Crippen molar-refractivity contribution >= 4 is 22.7 Å². The molecule has 1 amide bonds. The molecule has 0 bridgehead atoms. The molecule has 4 rings (SSSR count). The van der Waals surface area contributed by atoms with Gasteiger partial charge in [-0.05, 0) is 66.4 Å². The van der Waals surface area contributed by atoms with Crippen LogP contribution in [0.15, 0.2) is 47.4 Å². The first-order chi connectivity index (χ1) is 14.8. The number of hydrogen-bond acceptors (Lipinski definition) is 5. The van der Waals surface area contributed by atoms with E-state index in [9.17, 15) is 22.3 Å². The van der Waals surface area contributed by atoms with Crippen molar-refractivity contribution in [2.75, 3.05) is 37.6 Å². The summed E-state index contributed by atoms with van der Waals surface area (Å²) >= 11 is -2.29. The summed E-state index contributed by atoms with van der Waals surface area (Å²) < 4.78 is 48.8. The molecule has 0 aromatic heterocycles. The van der Waals surface area contributed by atoms with Crippen molar-refractivity contribution in [1.82, 2.24) is 9.80 Å². The minimum absolute atomic E-state index is 0.0260. The van der Waals surface area contributed by atoms with Gasteiger partial charge in [0.25, 0.3) is 0 Å². The lowest BCUT2D eigenvalue weighted by atomic mass is 10.1. The zero-order valence-corrected chi connectivity index (χ0v) is 18.0. The Morgan fingerprint density at radius 2 is 1.68 bits per heavy atom. The van der Waals surface area contributed by atoms with E-state index in [1.807, 2.05) is 6.92 Å². The van der Waals surface area contributed by atoms with Crippen molar-refractivity contribution in [2.24, 2.45) is 0 Å². The fourth-order valence-corrected chi connectivity index (χ4v) is 4.77. The molecule has 2 aliphatic heterocycles. The molecule has 2 aromatic rings. The van der Waals surface area contributed by atoms with E-state index < -0.39 is 22.7 Å². The van der Waals surface area contributed by atoms with Crippen LogP contribution in [-0.2, 0) is 15.9 Å². The van der Waals surface area contributed by atoms with Crippen molar-refractivity contribution < 1.29 is 22.3 Å². The number of piperazine rings is 1.